The molecule has 0 bridgehead atoms. The SMILES string of the molecule is CC(C)NCc1cncc(Oc2cc(Cl)cc(Cl)c2)c1. The second-order valence-corrected chi connectivity index (χ2v) is 5.64. The Morgan fingerprint density at radius 3 is 2.40 bits per heavy atom. The Labute approximate surface area is 128 Å². The van der Waals surface area contributed by atoms with E-state index in [9.17, 15) is 0 Å². The molecule has 0 saturated heterocycles. The van der Waals surface area contributed by atoms with Crippen molar-refractivity contribution in [2.24, 2.45) is 0 Å². The van der Waals surface area contributed by atoms with Crippen LogP contribution in [0, 0.1) is 0 Å². The van der Waals surface area contributed by atoms with E-state index in [1.165, 1.54) is 0 Å². The first-order valence-corrected chi connectivity index (χ1v) is 7.10. The third-order valence-electron chi connectivity index (χ3n) is 2.56. The lowest BCUT2D eigenvalue weighted by Gasteiger charge is -2.10. The molecule has 0 atom stereocenters. The summed E-state index contributed by atoms with van der Waals surface area (Å²) in [6.45, 7) is 4.95. The van der Waals surface area contributed by atoms with E-state index in [2.05, 4.69) is 24.1 Å². The van der Waals surface area contributed by atoms with Crippen molar-refractivity contribution in [2.75, 3.05) is 0 Å². The average Bonchev–Trinajstić information content (AvgIpc) is 2.35. The Kier molecular flexibility index (Phi) is 5.24. The number of hydrogen-bond acceptors (Lipinski definition) is 3. The Morgan fingerprint density at radius 1 is 1.05 bits per heavy atom. The van der Waals surface area contributed by atoms with Crippen molar-refractivity contribution in [3.05, 3.63) is 52.3 Å². The van der Waals surface area contributed by atoms with E-state index in [1.54, 1.807) is 24.4 Å². The van der Waals surface area contributed by atoms with Gasteiger partial charge in [0.2, 0.25) is 0 Å². The standard InChI is InChI=1S/C15H16Cl2N2O/c1-10(2)19-8-11-3-15(9-18-7-11)20-14-5-12(16)4-13(17)6-14/h3-7,9-10,19H,8H2,1-2H3. The van der Waals surface area contributed by atoms with Crippen molar-refractivity contribution in [3.8, 4) is 11.5 Å². The highest BCUT2D eigenvalue weighted by molar-refractivity contribution is 6.34. The van der Waals surface area contributed by atoms with Gasteiger partial charge in [0.05, 0.1) is 6.20 Å². The van der Waals surface area contributed by atoms with Crippen LogP contribution in [-0.4, -0.2) is 11.0 Å². The number of pyridine rings is 1. The molecule has 3 nitrogen and oxygen atoms in total. The molecule has 20 heavy (non-hydrogen) atoms. The Hall–Kier alpha value is -1.29. The van der Waals surface area contributed by atoms with E-state index >= 15 is 0 Å². The Bertz CT molecular complexity index is 568. The summed E-state index contributed by atoms with van der Waals surface area (Å²) < 4.78 is 5.73. The summed E-state index contributed by atoms with van der Waals surface area (Å²) in [5.74, 6) is 1.25. The van der Waals surface area contributed by atoms with Crippen molar-refractivity contribution in [1.82, 2.24) is 10.3 Å². The summed E-state index contributed by atoms with van der Waals surface area (Å²) in [7, 11) is 0. The lowest BCUT2D eigenvalue weighted by atomic mass is 10.2. The molecule has 1 heterocycles. The highest BCUT2D eigenvalue weighted by atomic mass is 35.5. The molecule has 2 aromatic rings. The van der Waals surface area contributed by atoms with Gasteiger partial charge in [-0.15, -0.1) is 0 Å². The van der Waals surface area contributed by atoms with E-state index in [1.807, 2.05) is 12.3 Å². The number of halogens is 2. The molecule has 2 rings (SSSR count). The molecule has 5 heteroatoms. The normalized spacial score (nSPS) is 10.8. The predicted molar refractivity (Wildman–Crippen MR) is 82.7 cm³/mol. The van der Waals surface area contributed by atoms with Crippen LogP contribution in [0.3, 0.4) is 0 Å². The Morgan fingerprint density at radius 2 is 1.75 bits per heavy atom. The molecule has 0 spiro atoms. The minimum absolute atomic E-state index is 0.423. The Balaban J connectivity index is 2.11. The van der Waals surface area contributed by atoms with Gasteiger partial charge >= 0.3 is 0 Å². The summed E-state index contributed by atoms with van der Waals surface area (Å²) >= 11 is 11.9. The summed E-state index contributed by atoms with van der Waals surface area (Å²) in [5.41, 5.74) is 1.06. The first kappa shape index (κ1) is 15.1. The van der Waals surface area contributed by atoms with Gasteiger partial charge in [0.15, 0.2) is 0 Å². The average molecular weight is 311 g/mol. The van der Waals surface area contributed by atoms with Crippen molar-refractivity contribution >= 4 is 23.2 Å². The number of rotatable bonds is 5. The highest BCUT2D eigenvalue weighted by Crippen LogP contribution is 2.28. The minimum Gasteiger partial charge on any atom is -0.456 e. The zero-order valence-electron chi connectivity index (χ0n) is 11.4. The zero-order chi connectivity index (χ0) is 14.5. The van der Waals surface area contributed by atoms with Crippen LogP contribution in [0.2, 0.25) is 10.0 Å². The molecule has 0 aliphatic heterocycles. The van der Waals surface area contributed by atoms with Gasteiger partial charge in [0.25, 0.3) is 0 Å². The van der Waals surface area contributed by atoms with E-state index in [4.69, 9.17) is 27.9 Å². The maximum absolute atomic E-state index is 5.94. The first-order chi connectivity index (χ1) is 9.52. The molecule has 0 aliphatic carbocycles. The van der Waals surface area contributed by atoms with Crippen molar-refractivity contribution in [2.45, 2.75) is 26.4 Å². The van der Waals surface area contributed by atoms with Crippen LogP contribution in [0.4, 0.5) is 0 Å². The molecular formula is C15H16Cl2N2O. The maximum atomic E-state index is 5.94. The molecule has 0 saturated carbocycles. The molecule has 0 aliphatic rings. The summed E-state index contributed by atoms with van der Waals surface area (Å²) in [6.07, 6.45) is 3.47. The van der Waals surface area contributed by atoms with Gasteiger partial charge in [-0.25, -0.2) is 0 Å². The van der Waals surface area contributed by atoms with E-state index < -0.39 is 0 Å². The lowest BCUT2D eigenvalue weighted by molar-refractivity contribution is 0.478. The van der Waals surface area contributed by atoms with Gasteiger partial charge < -0.3 is 10.1 Å². The molecule has 1 aromatic carbocycles. The van der Waals surface area contributed by atoms with Crippen LogP contribution >= 0.6 is 23.2 Å². The maximum Gasteiger partial charge on any atom is 0.146 e. The molecule has 1 N–H and O–H groups in total. The quantitative estimate of drug-likeness (QED) is 0.870. The van der Waals surface area contributed by atoms with Crippen molar-refractivity contribution in [1.29, 1.82) is 0 Å². The molecular weight excluding hydrogens is 295 g/mol. The summed E-state index contributed by atoms with van der Waals surface area (Å²) in [5, 5.41) is 4.41. The van der Waals surface area contributed by atoms with Crippen LogP contribution < -0.4 is 10.1 Å². The lowest BCUT2D eigenvalue weighted by Crippen LogP contribution is -2.21. The van der Waals surface area contributed by atoms with Crippen LogP contribution in [0.15, 0.2) is 36.7 Å². The van der Waals surface area contributed by atoms with Gasteiger partial charge in [0, 0.05) is 28.8 Å². The van der Waals surface area contributed by atoms with Gasteiger partial charge in [-0.3, -0.25) is 4.98 Å². The third-order valence-corrected chi connectivity index (χ3v) is 2.99. The number of nitrogens with one attached hydrogen (secondary N) is 1. The molecule has 106 valence electrons. The summed E-state index contributed by atoms with van der Waals surface area (Å²) in [6, 6.07) is 7.46. The van der Waals surface area contributed by atoms with Gasteiger partial charge in [0.1, 0.15) is 11.5 Å². The second kappa shape index (κ2) is 6.93. The van der Waals surface area contributed by atoms with Crippen LogP contribution in [0.5, 0.6) is 11.5 Å². The fraction of sp³-hybridized carbons (Fsp3) is 0.267. The number of ether oxygens (including phenoxy) is 1. The predicted octanol–water partition coefficient (Wildman–Crippen LogP) is 4.68. The fourth-order valence-corrected chi connectivity index (χ4v) is 2.17. The first-order valence-electron chi connectivity index (χ1n) is 6.34. The highest BCUT2D eigenvalue weighted by Gasteiger charge is 2.03. The fourth-order valence-electron chi connectivity index (χ4n) is 1.66. The van der Waals surface area contributed by atoms with Gasteiger partial charge in [-0.2, -0.15) is 0 Å². The minimum atomic E-state index is 0.423. The van der Waals surface area contributed by atoms with Crippen LogP contribution in [-0.2, 0) is 6.54 Å². The summed E-state index contributed by atoms with van der Waals surface area (Å²) in [4.78, 5) is 4.17. The second-order valence-electron chi connectivity index (χ2n) is 4.77. The number of nitrogens with zero attached hydrogens (tertiary/aromatic N) is 1. The van der Waals surface area contributed by atoms with E-state index in [0.717, 1.165) is 12.1 Å². The topological polar surface area (TPSA) is 34.2 Å². The third kappa shape index (κ3) is 4.67. The van der Waals surface area contributed by atoms with E-state index in [0.29, 0.717) is 27.6 Å². The van der Waals surface area contributed by atoms with Crippen LogP contribution in [0.1, 0.15) is 19.4 Å². The number of aromatic nitrogens is 1. The smallest absolute Gasteiger partial charge is 0.146 e. The monoisotopic (exact) mass is 310 g/mol. The zero-order valence-corrected chi connectivity index (χ0v) is 12.9. The van der Waals surface area contributed by atoms with Crippen LogP contribution in [0.25, 0.3) is 0 Å². The number of hydrogen-bond donors (Lipinski definition) is 1. The van der Waals surface area contributed by atoms with Crippen molar-refractivity contribution in [3.63, 3.8) is 0 Å². The van der Waals surface area contributed by atoms with E-state index in [-0.39, 0.29) is 0 Å². The largest absolute Gasteiger partial charge is 0.456 e. The van der Waals surface area contributed by atoms with Gasteiger partial charge in [-0.1, -0.05) is 37.0 Å². The molecule has 1 aromatic heterocycles. The molecule has 0 amide bonds. The molecule has 0 fully saturated rings. The molecule has 0 radical (unpaired) electrons. The molecule has 0 unspecified atom stereocenters. The van der Waals surface area contributed by atoms with Crippen molar-refractivity contribution < 1.29 is 4.74 Å². The van der Waals surface area contributed by atoms with Gasteiger partial charge in [-0.05, 0) is 29.8 Å². The number of benzene rings is 1.